The van der Waals surface area contributed by atoms with Gasteiger partial charge in [-0.25, -0.2) is 0 Å². The van der Waals surface area contributed by atoms with Gasteiger partial charge in [0.25, 0.3) is 0 Å². The SMILES string of the molecule is CSCCC(=O)N[C@@H]1CCNC1. The molecule has 0 aromatic carbocycles. The summed E-state index contributed by atoms with van der Waals surface area (Å²) in [4.78, 5) is 11.2. The van der Waals surface area contributed by atoms with Crippen molar-refractivity contribution in [3.8, 4) is 0 Å². The molecule has 1 saturated heterocycles. The van der Waals surface area contributed by atoms with Gasteiger partial charge in [-0.1, -0.05) is 0 Å². The molecule has 0 radical (unpaired) electrons. The van der Waals surface area contributed by atoms with Gasteiger partial charge in [0.05, 0.1) is 0 Å². The van der Waals surface area contributed by atoms with Crippen LogP contribution in [0.1, 0.15) is 12.8 Å². The number of carbonyl (C=O) groups is 1. The van der Waals surface area contributed by atoms with E-state index in [-0.39, 0.29) is 5.91 Å². The molecule has 0 aromatic heterocycles. The number of nitrogens with one attached hydrogen (secondary N) is 2. The second-order valence-electron chi connectivity index (χ2n) is 3.00. The molecule has 4 heteroatoms. The Bertz CT molecular complexity index is 146. The lowest BCUT2D eigenvalue weighted by molar-refractivity contribution is -0.121. The van der Waals surface area contributed by atoms with Crippen molar-refractivity contribution < 1.29 is 4.79 Å². The summed E-state index contributed by atoms with van der Waals surface area (Å²) in [6.07, 6.45) is 3.74. The summed E-state index contributed by atoms with van der Waals surface area (Å²) in [6.45, 7) is 1.97. The van der Waals surface area contributed by atoms with Crippen LogP contribution in [0.15, 0.2) is 0 Å². The number of hydrogen-bond acceptors (Lipinski definition) is 3. The highest BCUT2D eigenvalue weighted by atomic mass is 32.2. The fourth-order valence-corrected chi connectivity index (χ4v) is 1.66. The van der Waals surface area contributed by atoms with E-state index >= 15 is 0 Å². The van der Waals surface area contributed by atoms with Crippen molar-refractivity contribution in [2.24, 2.45) is 0 Å². The third-order valence-corrected chi connectivity index (χ3v) is 2.57. The van der Waals surface area contributed by atoms with Crippen LogP contribution in [-0.4, -0.2) is 37.0 Å². The summed E-state index contributed by atoms with van der Waals surface area (Å²) >= 11 is 1.71. The standard InChI is InChI=1S/C8H16N2OS/c1-12-5-3-8(11)10-7-2-4-9-6-7/h7,9H,2-6H2,1H3,(H,10,11)/t7-/m1/s1. The maximum absolute atomic E-state index is 11.2. The van der Waals surface area contributed by atoms with Crippen LogP contribution in [0.25, 0.3) is 0 Å². The molecular weight excluding hydrogens is 172 g/mol. The predicted octanol–water partition coefficient (Wildman–Crippen LogP) is 0.218. The monoisotopic (exact) mass is 188 g/mol. The molecule has 2 N–H and O–H groups in total. The maximum Gasteiger partial charge on any atom is 0.221 e. The molecule has 0 saturated carbocycles. The van der Waals surface area contributed by atoms with E-state index in [2.05, 4.69) is 10.6 Å². The first-order chi connectivity index (χ1) is 5.83. The van der Waals surface area contributed by atoms with Gasteiger partial charge in [-0.3, -0.25) is 4.79 Å². The van der Waals surface area contributed by atoms with Crippen molar-refractivity contribution in [1.82, 2.24) is 10.6 Å². The second kappa shape index (κ2) is 5.43. The van der Waals surface area contributed by atoms with E-state index in [1.54, 1.807) is 11.8 Å². The average molecular weight is 188 g/mol. The lowest BCUT2D eigenvalue weighted by Crippen LogP contribution is -2.36. The topological polar surface area (TPSA) is 41.1 Å². The highest BCUT2D eigenvalue weighted by Crippen LogP contribution is 1.99. The first-order valence-electron chi connectivity index (χ1n) is 4.32. The third kappa shape index (κ3) is 3.45. The Morgan fingerprint density at radius 1 is 1.75 bits per heavy atom. The molecule has 12 heavy (non-hydrogen) atoms. The fourth-order valence-electron chi connectivity index (χ4n) is 1.27. The van der Waals surface area contributed by atoms with Crippen molar-refractivity contribution in [3.63, 3.8) is 0 Å². The Kier molecular flexibility index (Phi) is 4.46. The first kappa shape index (κ1) is 9.86. The van der Waals surface area contributed by atoms with Crippen molar-refractivity contribution in [2.75, 3.05) is 25.1 Å². The largest absolute Gasteiger partial charge is 0.352 e. The Hall–Kier alpha value is -0.220. The van der Waals surface area contributed by atoms with Crippen LogP contribution >= 0.6 is 11.8 Å². The minimum Gasteiger partial charge on any atom is -0.352 e. The Morgan fingerprint density at radius 3 is 3.17 bits per heavy atom. The molecule has 1 heterocycles. The van der Waals surface area contributed by atoms with Crippen LogP contribution in [0, 0.1) is 0 Å². The smallest absolute Gasteiger partial charge is 0.221 e. The van der Waals surface area contributed by atoms with Gasteiger partial charge in [0.2, 0.25) is 5.91 Å². The van der Waals surface area contributed by atoms with Gasteiger partial charge >= 0.3 is 0 Å². The minimum atomic E-state index is 0.193. The molecule has 70 valence electrons. The normalized spacial score (nSPS) is 22.6. The van der Waals surface area contributed by atoms with Crippen LogP contribution in [0.3, 0.4) is 0 Å². The molecule has 1 atom stereocenters. The van der Waals surface area contributed by atoms with Gasteiger partial charge in [0.1, 0.15) is 0 Å². The van der Waals surface area contributed by atoms with E-state index in [0.29, 0.717) is 12.5 Å². The molecular formula is C8H16N2OS. The van der Waals surface area contributed by atoms with Crippen molar-refractivity contribution in [2.45, 2.75) is 18.9 Å². The lowest BCUT2D eigenvalue weighted by Gasteiger charge is -2.10. The molecule has 1 fully saturated rings. The van der Waals surface area contributed by atoms with Gasteiger partial charge in [0.15, 0.2) is 0 Å². The highest BCUT2D eigenvalue weighted by molar-refractivity contribution is 7.98. The number of carbonyl (C=O) groups excluding carboxylic acids is 1. The van der Waals surface area contributed by atoms with E-state index in [0.717, 1.165) is 25.3 Å². The van der Waals surface area contributed by atoms with Crippen LogP contribution < -0.4 is 10.6 Å². The summed E-state index contributed by atoms with van der Waals surface area (Å²) in [7, 11) is 0. The molecule has 1 rings (SSSR count). The van der Waals surface area contributed by atoms with Crippen LogP contribution in [0.4, 0.5) is 0 Å². The summed E-state index contributed by atoms with van der Waals surface area (Å²) in [5.41, 5.74) is 0. The van der Waals surface area contributed by atoms with Gasteiger partial charge in [-0.2, -0.15) is 11.8 Å². The summed E-state index contributed by atoms with van der Waals surface area (Å²) in [6, 6.07) is 0.374. The van der Waals surface area contributed by atoms with Crippen molar-refractivity contribution in [3.05, 3.63) is 0 Å². The van der Waals surface area contributed by atoms with E-state index < -0.39 is 0 Å². The molecule has 0 aliphatic carbocycles. The van der Waals surface area contributed by atoms with Gasteiger partial charge in [0, 0.05) is 24.8 Å². The predicted molar refractivity (Wildman–Crippen MR) is 52.4 cm³/mol. The van der Waals surface area contributed by atoms with Gasteiger partial charge in [-0.15, -0.1) is 0 Å². The first-order valence-corrected chi connectivity index (χ1v) is 5.71. The number of amides is 1. The third-order valence-electron chi connectivity index (χ3n) is 1.96. The molecule has 0 unspecified atom stereocenters. The van der Waals surface area contributed by atoms with Crippen LogP contribution in [0.5, 0.6) is 0 Å². The zero-order valence-electron chi connectivity index (χ0n) is 7.43. The van der Waals surface area contributed by atoms with Crippen LogP contribution in [0.2, 0.25) is 0 Å². The van der Waals surface area contributed by atoms with Gasteiger partial charge < -0.3 is 10.6 Å². The van der Waals surface area contributed by atoms with Gasteiger partial charge in [-0.05, 0) is 19.2 Å². The van der Waals surface area contributed by atoms with Crippen LogP contribution in [-0.2, 0) is 4.79 Å². The Balaban J connectivity index is 2.08. The van der Waals surface area contributed by atoms with E-state index in [9.17, 15) is 4.79 Å². The lowest BCUT2D eigenvalue weighted by atomic mass is 10.2. The Labute approximate surface area is 77.7 Å². The number of hydrogen-bond donors (Lipinski definition) is 2. The van der Waals surface area contributed by atoms with E-state index in [4.69, 9.17) is 0 Å². The fraction of sp³-hybridized carbons (Fsp3) is 0.875. The molecule has 1 amide bonds. The van der Waals surface area contributed by atoms with E-state index in [1.165, 1.54) is 0 Å². The number of thioether (sulfide) groups is 1. The molecule has 0 aromatic rings. The maximum atomic E-state index is 11.2. The minimum absolute atomic E-state index is 0.193. The molecule has 1 aliphatic rings. The summed E-state index contributed by atoms with van der Waals surface area (Å²) in [5.74, 6) is 1.12. The quantitative estimate of drug-likeness (QED) is 0.663. The zero-order valence-corrected chi connectivity index (χ0v) is 8.25. The second-order valence-corrected chi connectivity index (χ2v) is 3.99. The zero-order chi connectivity index (χ0) is 8.81. The molecule has 3 nitrogen and oxygen atoms in total. The number of rotatable bonds is 4. The summed E-state index contributed by atoms with van der Waals surface area (Å²) < 4.78 is 0. The average Bonchev–Trinajstić information content (AvgIpc) is 2.53. The molecule has 1 aliphatic heterocycles. The van der Waals surface area contributed by atoms with Crippen molar-refractivity contribution in [1.29, 1.82) is 0 Å². The molecule has 0 spiro atoms. The molecule has 0 bridgehead atoms. The van der Waals surface area contributed by atoms with E-state index in [1.807, 2.05) is 6.26 Å². The highest BCUT2D eigenvalue weighted by Gasteiger charge is 2.15. The Morgan fingerprint density at radius 2 is 2.58 bits per heavy atom. The van der Waals surface area contributed by atoms with Crippen molar-refractivity contribution >= 4 is 17.7 Å². The summed E-state index contributed by atoms with van der Waals surface area (Å²) in [5, 5.41) is 6.21.